The summed E-state index contributed by atoms with van der Waals surface area (Å²) in [5.74, 6) is 0.554. The number of rotatable bonds is 6. The topological polar surface area (TPSA) is 64.1 Å². The molecule has 122 valence electrons. The second-order valence-corrected chi connectivity index (χ2v) is 6.07. The van der Waals surface area contributed by atoms with E-state index in [1.54, 1.807) is 23.7 Å². The number of carbonyl (C=O) groups is 1. The van der Waals surface area contributed by atoms with Crippen molar-refractivity contribution in [1.29, 1.82) is 0 Å². The van der Waals surface area contributed by atoms with Crippen LogP contribution in [0.1, 0.15) is 11.3 Å². The highest BCUT2D eigenvalue weighted by atomic mass is 32.1. The van der Waals surface area contributed by atoms with Crippen molar-refractivity contribution in [3.63, 3.8) is 0 Å². The van der Waals surface area contributed by atoms with Crippen molar-refractivity contribution in [2.45, 2.75) is 13.5 Å². The van der Waals surface area contributed by atoms with Gasteiger partial charge in [-0.1, -0.05) is 18.2 Å². The molecule has 1 N–H and O–H groups in total. The Morgan fingerprint density at radius 2 is 2.00 bits per heavy atom. The largest absolute Gasteiger partial charge is 0.484 e. The molecule has 0 fully saturated rings. The Kier molecular flexibility index (Phi) is 5.18. The van der Waals surface area contributed by atoms with Crippen molar-refractivity contribution in [3.8, 4) is 16.3 Å². The second kappa shape index (κ2) is 7.70. The molecule has 0 atom stereocenters. The smallest absolute Gasteiger partial charge is 0.258 e. The van der Waals surface area contributed by atoms with Gasteiger partial charge in [-0.2, -0.15) is 0 Å². The van der Waals surface area contributed by atoms with Gasteiger partial charge in [0.1, 0.15) is 10.8 Å². The standard InChI is InChI=1S/C18H17N3O2S/c1-13-4-2-3-5-16(13)23-11-17(22)20-10-15-12-24-18(21-15)14-6-8-19-9-7-14/h2-9,12H,10-11H2,1H3,(H,20,22). The number of hydrogen-bond acceptors (Lipinski definition) is 5. The molecule has 0 aliphatic rings. The van der Waals surface area contributed by atoms with Gasteiger partial charge in [0.05, 0.1) is 12.2 Å². The average molecular weight is 339 g/mol. The van der Waals surface area contributed by atoms with E-state index in [0.717, 1.165) is 27.6 Å². The molecule has 0 aliphatic heterocycles. The van der Waals surface area contributed by atoms with E-state index < -0.39 is 0 Å². The molecule has 5 nitrogen and oxygen atoms in total. The van der Waals surface area contributed by atoms with E-state index in [9.17, 15) is 4.79 Å². The lowest BCUT2D eigenvalue weighted by atomic mass is 10.2. The van der Waals surface area contributed by atoms with Gasteiger partial charge < -0.3 is 10.1 Å². The molecule has 0 saturated carbocycles. The fourth-order valence-electron chi connectivity index (χ4n) is 2.12. The number of aromatic nitrogens is 2. The molecule has 3 rings (SSSR count). The minimum atomic E-state index is -0.170. The molecule has 0 unspecified atom stereocenters. The quantitative estimate of drug-likeness (QED) is 0.749. The Hall–Kier alpha value is -2.73. The predicted octanol–water partition coefficient (Wildman–Crippen LogP) is 3.21. The summed E-state index contributed by atoms with van der Waals surface area (Å²) in [6.45, 7) is 2.33. The van der Waals surface area contributed by atoms with Crippen LogP contribution in [0.2, 0.25) is 0 Å². The van der Waals surface area contributed by atoms with Crippen molar-refractivity contribution < 1.29 is 9.53 Å². The van der Waals surface area contributed by atoms with Crippen LogP contribution in [0.5, 0.6) is 5.75 Å². The van der Waals surface area contributed by atoms with E-state index in [0.29, 0.717) is 6.54 Å². The van der Waals surface area contributed by atoms with Crippen LogP contribution in [0.15, 0.2) is 54.2 Å². The van der Waals surface area contributed by atoms with Crippen molar-refractivity contribution in [1.82, 2.24) is 15.3 Å². The zero-order valence-corrected chi connectivity index (χ0v) is 14.0. The normalized spacial score (nSPS) is 10.4. The lowest BCUT2D eigenvalue weighted by Gasteiger charge is -2.08. The van der Waals surface area contributed by atoms with Crippen molar-refractivity contribution in [3.05, 3.63) is 65.4 Å². The summed E-state index contributed by atoms with van der Waals surface area (Å²) in [5, 5.41) is 5.68. The number of amides is 1. The highest BCUT2D eigenvalue weighted by molar-refractivity contribution is 7.13. The second-order valence-electron chi connectivity index (χ2n) is 5.21. The maximum Gasteiger partial charge on any atom is 0.258 e. The number of hydrogen-bond donors (Lipinski definition) is 1. The van der Waals surface area contributed by atoms with E-state index in [1.807, 2.05) is 48.7 Å². The number of benzene rings is 1. The molecule has 24 heavy (non-hydrogen) atoms. The van der Waals surface area contributed by atoms with Gasteiger partial charge in [0.15, 0.2) is 6.61 Å². The first-order valence-electron chi connectivity index (χ1n) is 7.52. The summed E-state index contributed by atoms with van der Waals surface area (Å²) in [5.41, 5.74) is 2.86. The van der Waals surface area contributed by atoms with Crippen LogP contribution in [0.4, 0.5) is 0 Å². The van der Waals surface area contributed by atoms with Gasteiger partial charge in [-0.3, -0.25) is 9.78 Å². The van der Waals surface area contributed by atoms with Crippen LogP contribution in [-0.2, 0) is 11.3 Å². The number of carbonyl (C=O) groups excluding carboxylic acids is 1. The number of pyridine rings is 1. The molecular formula is C18H17N3O2S. The van der Waals surface area contributed by atoms with Crippen LogP contribution in [-0.4, -0.2) is 22.5 Å². The van der Waals surface area contributed by atoms with Crippen molar-refractivity contribution in [2.75, 3.05) is 6.61 Å². The van der Waals surface area contributed by atoms with Crippen LogP contribution in [0.3, 0.4) is 0 Å². The summed E-state index contributed by atoms with van der Waals surface area (Å²) < 4.78 is 5.52. The SMILES string of the molecule is Cc1ccccc1OCC(=O)NCc1csc(-c2ccncc2)n1. The Morgan fingerprint density at radius 3 is 2.79 bits per heavy atom. The van der Waals surface area contributed by atoms with Gasteiger partial charge in [-0.05, 0) is 30.7 Å². The van der Waals surface area contributed by atoms with Crippen LogP contribution >= 0.6 is 11.3 Å². The van der Waals surface area contributed by atoms with E-state index in [4.69, 9.17) is 4.74 Å². The lowest BCUT2D eigenvalue weighted by Crippen LogP contribution is -2.28. The Morgan fingerprint density at radius 1 is 1.21 bits per heavy atom. The summed E-state index contributed by atoms with van der Waals surface area (Å²) in [6, 6.07) is 11.4. The molecule has 0 saturated heterocycles. The van der Waals surface area contributed by atoms with Gasteiger partial charge in [-0.15, -0.1) is 11.3 Å². The maximum atomic E-state index is 11.9. The monoisotopic (exact) mass is 339 g/mol. The number of ether oxygens (including phenoxy) is 1. The van der Waals surface area contributed by atoms with Crippen LogP contribution in [0, 0.1) is 6.92 Å². The van der Waals surface area contributed by atoms with E-state index in [2.05, 4.69) is 15.3 Å². The number of thiazole rings is 1. The summed E-state index contributed by atoms with van der Waals surface area (Å²) in [7, 11) is 0. The molecule has 0 spiro atoms. The third-order valence-electron chi connectivity index (χ3n) is 3.40. The first-order valence-corrected chi connectivity index (χ1v) is 8.40. The highest BCUT2D eigenvalue weighted by Gasteiger charge is 2.07. The number of nitrogens with zero attached hydrogens (tertiary/aromatic N) is 2. The molecule has 2 aromatic heterocycles. The van der Waals surface area contributed by atoms with E-state index in [1.165, 1.54) is 0 Å². The van der Waals surface area contributed by atoms with Gasteiger partial charge in [-0.25, -0.2) is 4.98 Å². The van der Waals surface area contributed by atoms with Crippen molar-refractivity contribution in [2.24, 2.45) is 0 Å². The fraction of sp³-hybridized carbons (Fsp3) is 0.167. The minimum absolute atomic E-state index is 0.00774. The Bertz CT molecular complexity index is 818. The Balaban J connectivity index is 1.50. The molecule has 2 heterocycles. The average Bonchev–Trinajstić information content (AvgIpc) is 3.09. The van der Waals surface area contributed by atoms with Gasteiger partial charge in [0.2, 0.25) is 0 Å². The van der Waals surface area contributed by atoms with Gasteiger partial charge in [0, 0.05) is 23.3 Å². The molecule has 1 aromatic carbocycles. The summed E-state index contributed by atoms with van der Waals surface area (Å²) >= 11 is 1.55. The van der Waals surface area contributed by atoms with E-state index >= 15 is 0 Å². The number of nitrogens with one attached hydrogen (secondary N) is 1. The third-order valence-corrected chi connectivity index (χ3v) is 4.34. The summed E-state index contributed by atoms with van der Waals surface area (Å²) in [6.07, 6.45) is 3.47. The highest BCUT2D eigenvalue weighted by Crippen LogP contribution is 2.22. The zero-order valence-electron chi connectivity index (χ0n) is 13.2. The lowest BCUT2D eigenvalue weighted by molar-refractivity contribution is -0.123. The van der Waals surface area contributed by atoms with Gasteiger partial charge >= 0.3 is 0 Å². The fourth-order valence-corrected chi connectivity index (χ4v) is 2.94. The van der Waals surface area contributed by atoms with E-state index in [-0.39, 0.29) is 12.5 Å². The first-order chi connectivity index (χ1) is 11.7. The molecule has 3 aromatic rings. The molecule has 6 heteroatoms. The zero-order chi connectivity index (χ0) is 16.8. The van der Waals surface area contributed by atoms with Gasteiger partial charge in [0.25, 0.3) is 5.91 Å². The predicted molar refractivity (Wildman–Crippen MR) is 93.9 cm³/mol. The first kappa shape index (κ1) is 16.1. The third kappa shape index (κ3) is 4.17. The van der Waals surface area contributed by atoms with Crippen LogP contribution in [0.25, 0.3) is 10.6 Å². The molecule has 1 amide bonds. The molecule has 0 bridgehead atoms. The van der Waals surface area contributed by atoms with Crippen molar-refractivity contribution >= 4 is 17.2 Å². The number of aryl methyl sites for hydroxylation is 1. The number of para-hydroxylation sites is 1. The maximum absolute atomic E-state index is 11.9. The molecule has 0 radical (unpaired) electrons. The Labute approximate surface area is 144 Å². The minimum Gasteiger partial charge on any atom is -0.484 e. The molecule has 0 aliphatic carbocycles. The molecular weight excluding hydrogens is 322 g/mol. The summed E-state index contributed by atoms with van der Waals surface area (Å²) in [4.78, 5) is 20.4. The van der Waals surface area contributed by atoms with Crippen LogP contribution < -0.4 is 10.1 Å².